The summed E-state index contributed by atoms with van der Waals surface area (Å²) in [5.74, 6) is -2.73. The number of fused-ring (bicyclic) bond motifs is 1. The molecular formula is C31H35NO10. The molecule has 42 heavy (non-hydrogen) atoms. The van der Waals surface area contributed by atoms with Gasteiger partial charge in [0.05, 0.1) is 5.52 Å². The predicted molar refractivity (Wildman–Crippen MR) is 149 cm³/mol. The highest BCUT2D eigenvalue weighted by Crippen LogP contribution is 2.39. The second-order valence-electron chi connectivity index (χ2n) is 10.1. The fourth-order valence-corrected chi connectivity index (χ4v) is 5.20. The Balaban J connectivity index is 1.86. The monoisotopic (exact) mass is 581 g/mol. The molecule has 1 fully saturated rings. The number of carbonyl (C=O) groups is 4. The number of carbonyl (C=O) groups excluding carboxylic acids is 4. The summed E-state index contributed by atoms with van der Waals surface area (Å²) >= 11 is 0. The topological polar surface area (TPSA) is 140 Å². The zero-order valence-electron chi connectivity index (χ0n) is 24.1. The third-order valence-electron chi connectivity index (χ3n) is 7.01. The first-order valence-electron chi connectivity index (χ1n) is 13.7. The highest BCUT2D eigenvalue weighted by atomic mass is 16.7. The first kappa shape index (κ1) is 30.7. The van der Waals surface area contributed by atoms with Crippen molar-refractivity contribution in [2.45, 2.75) is 77.8 Å². The standard InChI is InChI=1S/C31H35NO10/c1-6-21-11-13-22(14-12-21)27(37)24-15-32(25-10-8-7-9-23(24)25)31-30(41-20(5)36)29(40-19(4)35)28(39-18(3)34)26(42-31)16-38-17(2)33/h7-15,26-31,37H,6,16H2,1-5H3/t26?,27?,28-,29?,30-,31?/m1/s1. The molecule has 6 atom stereocenters. The van der Waals surface area contributed by atoms with Crippen molar-refractivity contribution in [2.24, 2.45) is 0 Å². The molecule has 4 rings (SSSR count). The summed E-state index contributed by atoms with van der Waals surface area (Å²) < 4.78 is 30.0. The van der Waals surface area contributed by atoms with E-state index in [1.807, 2.05) is 43.3 Å². The molecule has 1 aliphatic heterocycles. The van der Waals surface area contributed by atoms with Gasteiger partial charge in [0.15, 0.2) is 24.5 Å². The number of esters is 4. The van der Waals surface area contributed by atoms with Crippen LogP contribution >= 0.6 is 0 Å². The molecule has 2 aromatic carbocycles. The molecule has 0 saturated carbocycles. The van der Waals surface area contributed by atoms with E-state index < -0.39 is 60.6 Å². The Morgan fingerprint density at radius 3 is 2.02 bits per heavy atom. The maximum atomic E-state index is 12.3. The van der Waals surface area contributed by atoms with Crippen LogP contribution in [0.4, 0.5) is 0 Å². The van der Waals surface area contributed by atoms with E-state index in [4.69, 9.17) is 23.7 Å². The van der Waals surface area contributed by atoms with Gasteiger partial charge in [-0.2, -0.15) is 0 Å². The van der Waals surface area contributed by atoms with Crippen LogP contribution in [0.15, 0.2) is 54.7 Å². The molecule has 0 spiro atoms. The van der Waals surface area contributed by atoms with E-state index in [1.165, 1.54) is 27.7 Å². The number of nitrogens with zero attached hydrogens (tertiary/aromatic N) is 1. The molecule has 0 radical (unpaired) electrons. The Kier molecular flexibility index (Phi) is 9.64. The number of aromatic nitrogens is 1. The fraction of sp³-hybridized carbons (Fsp3) is 0.419. The van der Waals surface area contributed by atoms with Crippen molar-refractivity contribution in [1.82, 2.24) is 4.57 Å². The molecule has 1 saturated heterocycles. The number of ether oxygens (including phenoxy) is 5. The molecular weight excluding hydrogens is 546 g/mol. The van der Waals surface area contributed by atoms with Gasteiger partial charge >= 0.3 is 23.9 Å². The van der Waals surface area contributed by atoms with Crippen molar-refractivity contribution in [1.29, 1.82) is 0 Å². The van der Waals surface area contributed by atoms with Crippen LogP contribution in [0.5, 0.6) is 0 Å². The molecule has 4 unspecified atom stereocenters. The number of para-hydroxylation sites is 1. The van der Waals surface area contributed by atoms with Gasteiger partial charge in [0.2, 0.25) is 0 Å². The van der Waals surface area contributed by atoms with Crippen molar-refractivity contribution >= 4 is 34.8 Å². The molecule has 3 aromatic rings. The lowest BCUT2D eigenvalue weighted by Crippen LogP contribution is -2.60. The molecule has 1 N–H and O–H groups in total. The van der Waals surface area contributed by atoms with Crippen LogP contribution in [0, 0.1) is 0 Å². The number of hydrogen-bond donors (Lipinski definition) is 1. The minimum atomic E-state index is -1.31. The quantitative estimate of drug-likeness (QED) is 0.295. The van der Waals surface area contributed by atoms with Crippen LogP contribution in [-0.4, -0.2) is 64.6 Å². The van der Waals surface area contributed by atoms with Gasteiger partial charge in [-0.3, -0.25) is 19.2 Å². The molecule has 2 heterocycles. The Bertz CT molecular complexity index is 1450. The fourth-order valence-electron chi connectivity index (χ4n) is 5.20. The lowest BCUT2D eigenvalue weighted by molar-refractivity contribution is -0.267. The number of hydrogen-bond acceptors (Lipinski definition) is 10. The zero-order valence-corrected chi connectivity index (χ0v) is 24.1. The average molecular weight is 582 g/mol. The van der Waals surface area contributed by atoms with Crippen molar-refractivity contribution in [3.8, 4) is 0 Å². The van der Waals surface area contributed by atoms with Crippen LogP contribution in [0.2, 0.25) is 0 Å². The first-order chi connectivity index (χ1) is 20.0. The van der Waals surface area contributed by atoms with Crippen molar-refractivity contribution in [3.05, 3.63) is 71.4 Å². The Labute approximate surface area is 243 Å². The smallest absolute Gasteiger partial charge is 0.303 e. The summed E-state index contributed by atoms with van der Waals surface area (Å²) in [6, 6.07) is 14.9. The summed E-state index contributed by atoms with van der Waals surface area (Å²) in [5, 5.41) is 12.2. The second kappa shape index (κ2) is 13.2. The van der Waals surface area contributed by atoms with E-state index in [2.05, 4.69) is 0 Å². The second-order valence-corrected chi connectivity index (χ2v) is 10.1. The van der Waals surface area contributed by atoms with Crippen molar-refractivity contribution in [3.63, 3.8) is 0 Å². The van der Waals surface area contributed by atoms with E-state index >= 15 is 0 Å². The minimum Gasteiger partial charge on any atom is -0.463 e. The summed E-state index contributed by atoms with van der Waals surface area (Å²) in [5.41, 5.74) is 2.99. The Morgan fingerprint density at radius 2 is 1.43 bits per heavy atom. The van der Waals surface area contributed by atoms with E-state index in [0.717, 1.165) is 12.0 Å². The van der Waals surface area contributed by atoms with E-state index in [0.29, 0.717) is 22.0 Å². The average Bonchev–Trinajstić information content (AvgIpc) is 3.32. The summed E-state index contributed by atoms with van der Waals surface area (Å²) in [6.07, 6.45) is -4.57. The first-order valence-corrected chi connectivity index (χ1v) is 13.7. The Morgan fingerprint density at radius 1 is 0.833 bits per heavy atom. The van der Waals surface area contributed by atoms with Crippen LogP contribution < -0.4 is 0 Å². The van der Waals surface area contributed by atoms with Crippen LogP contribution in [-0.2, 0) is 49.3 Å². The highest BCUT2D eigenvalue weighted by molar-refractivity contribution is 5.85. The summed E-state index contributed by atoms with van der Waals surface area (Å²) in [6.45, 7) is 6.45. The summed E-state index contributed by atoms with van der Waals surface area (Å²) in [7, 11) is 0. The van der Waals surface area contributed by atoms with Gasteiger partial charge in [-0.1, -0.05) is 49.4 Å². The Hall–Kier alpha value is -4.22. The van der Waals surface area contributed by atoms with Gasteiger partial charge in [0.1, 0.15) is 18.8 Å². The minimum absolute atomic E-state index is 0.340. The van der Waals surface area contributed by atoms with Gasteiger partial charge in [-0.15, -0.1) is 0 Å². The highest BCUT2D eigenvalue weighted by Gasteiger charge is 2.53. The number of rotatable bonds is 9. The maximum Gasteiger partial charge on any atom is 0.303 e. The number of aliphatic hydroxyl groups excluding tert-OH is 1. The molecule has 0 aliphatic carbocycles. The number of aliphatic hydroxyl groups is 1. The molecule has 11 heteroatoms. The van der Waals surface area contributed by atoms with Gasteiger partial charge in [0.25, 0.3) is 0 Å². The lowest BCUT2D eigenvalue weighted by Gasteiger charge is -2.44. The predicted octanol–water partition coefficient (Wildman–Crippen LogP) is 3.54. The van der Waals surface area contributed by atoms with Gasteiger partial charge in [0, 0.05) is 44.8 Å². The molecule has 0 amide bonds. The SMILES string of the molecule is CCc1ccc(C(O)c2cn(C3OC(COC(C)=O)[C@@H](OC(C)=O)C(OC(C)=O)[C@H]3OC(C)=O)c3ccccc23)cc1. The van der Waals surface area contributed by atoms with Crippen molar-refractivity contribution in [2.75, 3.05) is 6.61 Å². The molecule has 224 valence electrons. The van der Waals surface area contributed by atoms with Gasteiger partial charge in [-0.05, 0) is 23.6 Å². The van der Waals surface area contributed by atoms with Gasteiger partial charge in [-0.25, -0.2) is 0 Å². The molecule has 0 bridgehead atoms. The third kappa shape index (κ3) is 6.80. The van der Waals surface area contributed by atoms with E-state index in [9.17, 15) is 24.3 Å². The third-order valence-corrected chi connectivity index (χ3v) is 7.01. The summed E-state index contributed by atoms with van der Waals surface area (Å²) in [4.78, 5) is 48.3. The molecule has 1 aromatic heterocycles. The maximum absolute atomic E-state index is 12.3. The van der Waals surface area contributed by atoms with E-state index in [1.54, 1.807) is 22.9 Å². The van der Waals surface area contributed by atoms with Crippen LogP contribution in [0.1, 0.15) is 63.6 Å². The number of benzene rings is 2. The van der Waals surface area contributed by atoms with Gasteiger partial charge < -0.3 is 33.4 Å². The van der Waals surface area contributed by atoms with E-state index in [-0.39, 0.29) is 6.61 Å². The lowest BCUT2D eigenvalue weighted by atomic mass is 9.97. The van der Waals surface area contributed by atoms with Crippen LogP contribution in [0.3, 0.4) is 0 Å². The largest absolute Gasteiger partial charge is 0.463 e. The zero-order chi connectivity index (χ0) is 30.6. The normalized spacial score (nSPS) is 22.7. The molecule has 11 nitrogen and oxygen atoms in total. The molecule has 1 aliphatic rings. The van der Waals surface area contributed by atoms with Crippen LogP contribution in [0.25, 0.3) is 10.9 Å². The van der Waals surface area contributed by atoms with Crippen molar-refractivity contribution < 1.29 is 48.0 Å². The number of aryl methyl sites for hydroxylation is 1.